The number of ketones is 1. The number of ether oxygens (including phenoxy) is 2. The molecule has 0 unspecified atom stereocenters. The molecule has 0 saturated carbocycles. The van der Waals surface area contributed by atoms with Crippen molar-refractivity contribution in [1.29, 1.82) is 0 Å². The number of rotatable bonds is 3. The van der Waals surface area contributed by atoms with Crippen molar-refractivity contribution in [2.45, 2.75) is 6.92 Å². The molecule has 0 aromatic heterocycles. The number of hydrogen-bond donors (Lipinski definition) is 0. The van der Waals surface area contributed by atoms with Crippen molar-refractivity contribution < 1.29 is 18.7 Å². The first-order valence-corrected chi connectivity index (χ1v) is 7.13. The number of fused-ring (bicyclic) bond motifs is 1. The van der Waals surface area contributed by atoms with Crippen molar-refractivity contribution in [2.75, 3.05) is 6.61 Å². The van der Waals surface area contributed by atoms with E-state index in [9.17, 15) is 9.18 Å². The van der Waals surface area contributed by atoms with Gasteiger partial charge in [-0.1, -0.05) is 17.7 Å². The molecular formula is C17H12ClFO3. The maximum atomic E-state index is 13.8. The number of carbonyl (C=O) groups is 1. The number of allylic oxidation sites excluding steroid dienone is 1. The molecule has 3 rings (SSSR count). The van der Waals surface area contributed by atoms with Gasteiger partial charge in [0.05, 0.1) is 17.2 Å². The summed E-state index contributed by atoms with van der Waals surface area (Å²) in [6.45, 7) is 2.38. The summed E-state index contributed by atoms with van der Waals surface area (Å²) in [7, 11) is 0. The fraction of sp³-hybridized carbons (Fsp3) is 0.118. The summed E-state index contributed by atoms with van der Waals surface area (Å²) in [4.78, 5) is 12.3. The lowest BCUT2D eigenvalue weighted by molar-refractivity contribution is 0.101. The Labute approximate surface area is 131 Å². The van der Waals surface area contributed by atoms with Crippen LogP contribution in [-0.4, -0.2) is 12.4 Å². The van der Waals surface area contributed by atoms with E-state index in [1.807, 2.05) is 6.92 Å². The van der Waals surface area contributed by atoms with Crippen LogP contribution in [0.5, 0.6) is 11.5 Å². The number of benzene rings is 2. The first-order chi connectivity index (χ1) is 10.6. The van der Waals surface area contributed by atoms with Crippen LogP contribution in [0.1, 0.15) is 22.8 Å². The van der Waals surface area contributed by atoms with Crippen molar-refractivity contribution in [3.63, 3.8) is 0 Å². The van der Waals surface area contributed by atoms with E-state index in [2.05, 4.69) is 0 Å². The molecule has 22 heavy (non-hydrogen) atoms. The average Bonchev–Trinajstić information content (AvgIpc) is 2.79. The van der Waals surface area contributed by atoms with Gasteiger partial charge in [0.15, 0.2) is 5.76 Å². The fourth-order valence-corrected chi connectivity index (χ4v) is 2.42. The van der Waals surface area contributed by atoms with Crippen molar-refractivity contribution >= 4 is 23.5 Å². The van der Waals surface area contributed by atoms with E-state index < -0.39 is 5.82 Å². The summed E-state index contributed by atoms with van der Waals surface area (Å²) < 4.78 is 24.7. The van der Waals surface area contributed by atoms with Crippen molar-refractivity contribution in [2.24, 2.45) is 0 Å². The Morgan fingerprint density at radius 3 is 2.86 bits per heavy atom. The highest BCUT2D eigenvalue weighted by molar-refractivity contribution is 6.32. The maximum Gasteiger partial charge on any atom is 0.231 e. The van der Waals surface area contributed by atoms with Gasteiger partial charge in [-0.2, -0.15) is 0 Å². The molecule has 0 bridgehead atoms. The molecule has 0 radical (unpaired) electrons. The summed E-state index contributed by atoms with van der Waals surface area (Å²) in [6.07, 6.45) is 1.32. The molecule has 1 heterocycles. The van der Waals surface area contributed by atoms with Gasteiger partial charge in [-0.3, -0.25) is 4.79 Å². The minimum Gasteiger partial charge on any atom is -0.494 e. The van der Waals surface area contributed by atoms with Crippen LogP contribution in [0.15, 0.2) is 42.2 Å². The standard InChI is InChI=1S/C17H12ClFO3/c1-2-21-10-6-7-11-15(8-10)22-16(17(11)20)9-12-13(18)4-3-5-14(12)19/h3-9H,2H2,1H3. The molecule has 0 atom stereocenters. The van der Waals surface area contributed by atoms with E-state index in [0.29, 0.717) is 23.7 Å². The predicted octanol–water partition coefficient (Wildman–Crippen LogP) is 4.49. The lowest BCUT2D eigenvalue weighted by Crippen LogP contribution is -1.99. The molecule has 2 aromatic carbocycles. The topological polar surface area (TPSA) is 35.5 Å². The van der Waals surface area contributed by atoms with Gasteiger partial charge in [0.1, 0.15) is 17.3 Å². The minimum absolute atomic E-state index is 0.0376. The second-order valence-electron chi connectivity index (χ2n) is 4.67. The van der Waals surface area contributed by atoms with Gasteiger partial charge in [-0.05, 0) is 37.3 Å². The van der Waals surface area contributed by atoms with E-state index >= 15 is 0 Å². The summed E-state index contributed by atoms with van der Waals surface area (Å²) in [5.41, 5.74) is 0.549. The van der Waals surface area contributed by atoms with E-state index in [0.717, 1.165) is 0 Å². The Morgan fingerprint density at radius 2 is 2.14 bits per heavy atom. The van der Waals surface area contributed by atoms with Crippen LogP contribution in [0, 0.1) is 5.82 Å². The Bertz CT molecular complexity index is 763. The molecule has 1 aliphatic heterocycles. The van der Waals surface area contributed by atoms with Crippen LogP contribution < -0.4 is 9.47 Å². The van der Waals surface area contributed by atoms with Crippen LogP contribution in [0.2, 0.25) is 5.02 Å². The highest BCUT2D eigenvalue weighted by atomic mass is 35.5. The maximum absolute atomic E-state index is 13.8. The highest BCUT2D eigenvalue weighted by Crippen LogP contribution is 2.35. The summed E-state index contributed by atoms with van der Waals surface area (Å²) in [6, 6.07) is 9.30. The number of Topliss-reactive ketones (excluding diaryl/α,β-unsaturated/α-hetero) is 1. The summed E-state index contributed by atoms with van der Waals surface area (Å²) in [5.74, 6) is 0.226. The molecule has 0 amide bonds. The molecule has 0 spiro atoms. The molecule has 112 valence electrons. The normalized spacial score (nSPS) is 14.9. The first-order valence-electron chi connectivity index (χ1n) is 6.75. The summed E-state index contributed by atoms with van der Waals surface area (Å²) >= 11 is 5.96. The third kappa shape index (κ3) is 2.57. The number of carbonyl (C=O) groups excluding carboxylic acids is 1. The van der Waals surface area contributed by atoms with Gasteiger partial charge < -0.3 is 9.47 Å². The zero-order valence-electron chi connectivity index (χ0n) is 11.7. The zero-order chi connectivity index (χ0) is 15.7. The second-order valence-corrected chi connectivity index (χ2v) is 5.07. The SMILES string of the molecule is CCOc1ccc2c(c1)OC(=Cc1c(F)cccc1Cl)C2=O. The lowest BCUT2D eigenvalue weighted by atomic mass is 10.1. The highest BCUT2D eigenvalue weighted by Gasteiger charge is 2.28. The molecular weight excluding hydrogens is 307 g/mol. The van der Waals surface area contributed by atoms with E-state index in [1.165, 1.54) is 18.2 Å². The monoisotopic (exact) mass is 318 g/mol. The number of hydrogen-bond acceptors (Lipinski definition) is 3. The largest absolute Gasteiger partial charge is 0.494 e. The minimum atomic E-state index is -0.512. The summed E-state index contributed by atoms with van der Waals surface area (Å²) in [5, 5.41) is 0.217. The van der Waals surface area contributed by atoms with Crippen molar-refractivity contribution in [3.05, 3.63) is 64.1 Å². The third-order valence-electron chi connectivity index (χ3n) is 3.23. The van der Waals surface area contributed by atoms with Gasteiger partial charge in [0.25, 0.3) is 0 Å². The van der Waals surface area contributed by atoms with Crippen LogP contribution in [0.4, 0.5) is 4.39 Å². The van der Waals surface area contributed by atoms with Crippen LogP contribution in [0.25, 0.3) is 6.08 Å². The van der Waals surface area contributed by atoms with Crippen molar-refractivity contribution in [1.82, 2.24) is 0 Å². The van der Waals surface area contributed by atoms with Crippen LogP contribution in [0.3, 0.4) is 0 Å². The van der Waals surface area contributed by atoms with E-state index in [4.69, 9.17) is 21.1 Å². The van der Waals surface area contributed by atoms with Gasteiger partial charge >= 0.3 is 0 Å². The molecule has 0 N–H and O–H groups in total. The molecule has 0 aliphatic carbocycles. The lowest BCUT2D eigenvalue weighted by Gasteiger charge is -2.04. The Morgan fingerprint density at radius 1 is 1.32 bits per heavy atom. The molecule has 0 fully saturated rings. The third-order valence-corrected chi connectivity index (χ3v) is 3.56. The van der Waals surface area contributed by atoms with Gasteiger partial charge in [0, 0.05) is 11.6 Å². The Kier molecular flexibility index (Phi) is 3.86. The zero-order valence-corrected chi connectivity index (χ0v) is 12.5. The molecule has 5 heteroatoms. The van der Waals surface area contributed by atoms with Gasteiger partial charge in [-0.25, -0.2) is 4.39 Å². The van der Waals surface area contributed by atoms with Gasteiger partial charge in [0.2, 0.25) is 5.78 Å². The average molecular weight is 319 g/mol. The fourth-order valence-electron chi connectivity index (χ4n) is 2.20. The van der Waals surface area contributed by atoms with Crippen LogP contribution >= 0.6 is 11.6 Å². The number of halogens is 2. The molecule has 0 saturated heterocycles. The van der Waals surface area contributed by atoms with Gasteiger partial charge in [-0.15, -0.1) is 0 Å². The van der Waals surface area contributed by atoms with Crippen molar-refractivity contribution in [3.8, 4) is 11.5 Å². The first kappa shape index (κ1) is 14.6. The van der Waals surface area contributed by atoms with E-state index in [1.54, 1.807) is 24.3 Å². The second kappa shape index (κ2) is 5.81. The molecule has 3 nitrogen and oxygen atoms in total. The molecule has 1 aliphatic rings. The molecule has 2 aromatic rings. The van der Waals surface area contributed by atoms with E-state index in [-0.39, 0.29) is 22.1 Å². The Hall–Kier alpha value is -2.33. The Balaban J connectivity index is 1.98. The quantitative estimate of drug-likeness (QED) is 0.782. The predicted molar refractivity (Wildman–Crippen MR) is 82.0 cm³/mol. The van der Waals surface area contributed by atoms with Crippen LogP contribution in [-0.2, 0) is 0 Å². The smallest absolute Gasteiger partial charge is 0.231 e.